The maximum Gasteiger partial charge on any atom is 1.00 e. The summed E-state index contributed by atoms with van der Waals surface area (Å²) in [6, 6.07) is 6.90. The van der Waals surface area contributed by atoms with Crippen molar-refractivity contribution in [2.45, 2.75) is 66.6 Å². The molecule has 0 spiro atoms. The van der Waals surface area contributed by atoms with Crippen molar-refractivity contribution < 1.29 is 128 Å². The molecule has 8 rings (SSSR count). The van der Waals surface area contributed by atoms with Crippen LogP contribution in [0.3, 0.4) is 0 Å². The Balaban J connectivity index is 0.000000496. The average Bonchev–Trinajstić information content (AvgIpc) is 3.98. The third-order valence-corrected chi connectivity index (χ3v) is 8.23. The molecule has 79 heavy (non-hydrogen) atoms. The molecule has 0 saturated heterocycles. The summed E-state index contributed by atoms with van der Waals surface area (Å²) in [7, 11) is 0. The Bertz CT molecular complexity index is 3030. The van der Waals surface area contributed by atoms with Crippen molar-refractivity contribution >= 4 is 71.2 Å². The average molecular weight is 1110 g/mol. The second-order valence-corrected chi connectivity index (χ2v) is 16.1. The van der Waals surface area contributed by atoms with E-state index in [9.17, 15) is 47.9 Å². The molecule has 0 unspecified atom stereocenters. The van der Waals surface area contributed by atoms with Crippen LogP contribution in [0.15, 0.2) is 73.5 Å². The Morgan fingerprint density at radius 3 is 1.39 bits per heavy atom. The number of carbonyl (C=O) groups excluding carboxylic acids is 8. The van der Waals surface area contributed by atoms with E-state index in [0.29, 0.717) is 11.1 Å². The predicted molar refractivity (Wildman–Crippen MR) is 256 cm³/mol. The van der Waals surface area contributed by atoms with Crippen LogP contribution in [0.4, 0.5) is 0 Å². The van der Waals surface area contributed by atoms with Gasteiger partial charge in [-0.15, -0.1) is 38.3 Å². The Hall–Kier alpha value is -9.70. The van der Waals surface area contributed by atoms with Gasteiger partial charge in [-0.05, 0) is 85.7 Å². The van der Waals surface area contributed by atoms with Gasteiger partial charge in [0.2, 0.25) is 0 Å². The first-order valence-corrected chi connectivity index (χ1v) is 21.6. The topological polar surface area (TPSA) is 435 Å². The number of aromatic nitrogens is 10. The van der Waals surface area contributed by atoms with E-state index in [-0.39, 0.29) is 99.2 Å². The zero-order valence-electron chi connectivity index (χ0n) is 44.2. The van der Waals surface area contributed by atoms with Crippen molar-refractivity contribution in [2.24, 2.45) is 0 Å². The van der Waals surface area contributed by atoms with Gasteiger partial charge in [-0.1, -0.05) is 0 Å². The molecule has 3 N–H and O–H groups in total. The van der Waals surface area contributed by atoms with Crippen molar-refractivity contribution in [1.82, 2.24) is 51.0 Å². The number of cyclic esters (lactones) is 4. The quantitative estimate of drug-likeness (QED) is 0.0524. The molecule has 0 aliphatic carbocycles. The molecule has 0 radical (unpaired) electrons. The van der Waals surface area contributed by atoms with Crippen molar-refractivity contribution in [1.29, 1.82) is 0 Å². The smallest absolute Gasteiger partial charge is 0.870 e. The Kier molecular flexibility index (Phi) is 26.0. The van der Waals surface area contributed by atoms with Crippen LogP contribution in [0.5, 0.6) is 0 Å². The van der Waals surface area contributed by atoms with E-state index in [4.69, 9.17) is 40.0 Å². The van der Waals surface area contributed by atoms with E-state index in [1.165, 1.54) is 49.4 Å². The zero-order chi connectivity index (χ0) is 58.3. The molecule has 3 aliphatic heterocycles. The molecule has 0 amide bonds. The molecule has 8 heterocycles. The monoisotopic (exact) mass is 1110 g/mol. The fraction of sp³-hybridized carbons (Fsp3) is 0.250. The molecule has 31 heteroatoms. The minimum absolute atomic E-state index is 0. The van der Waals surface area contributed by atoms with Gasteiger partial charge in [0.05, 0.1) is 84.2 Å². The number of esters is 8. The summed E-state index contributed by atoms with van der Waals surface area (Å²) in [6.45, 7) is 14.3. The van der Waals surface area contributed by atoms with Gasteiger partial charge in [0.15, 0.2) is 28.5 Å². The van der Waals surface area contributed by atoms with Crippen LogP contribution in [-0.4, -0.2) is 151 Å². The van der Waals surface area contributed by atoms with Gasteiger partial charge < -0.3 is 48.8 Å². The van der Waals surface area contributed by atoms with E-state index < -0.39 is 76.6 Å². The number of nitrogens with zero attached hydrogens (tertiary/aromatic N) is 10. The number of fused-ring (bicyclic) bond motifs is 3. The molecule has 0 fully saturated rings. The Morgan fingerprint density at radius 2 is 0.924 bits per heavy atom. The van der Waals surface area contributed by atoms with Gasteiger partial charge in [-0.3, -0.25) is 0 Å². The zero-order valence-corrected chi connectivity index (χ0v) is 45.2. The molecular weight excluding hydrogens is 1060 g/mol. The summed E-state index contributed by atoms with van der Waals surface area (Å²) >= 11 is 0. The van der Waals surface area contributed by atoms with Crippen molar-refractivity contribution in [2.75, 3.05) is 13.2 Å². The van der Waals surface area contributed by atoms with Crippen LogP contribution >= 0.6 is 0 Å². The molecule has 5 aromatic rings. The first-order chi connectivity index (χ1) is 36.8. The summed E-state index contributed by atoms with van der Waals surface area (Å²) in [5.41, 5.74) is -0.901. The predicted octanol–water partition coefficient (Wildman–Crippen LogP) is 0.226. The molecular formula is C48H45N10NaO20. The van der Waals surface area contributed by atoms with Crippen LogP contribution in [0.1, 0.15) is 151 Å². The molecule has 5 aromatic heterocycles. The van der Waals surface area contributed by atoms with Gasteiger partial charge in [-0.25, -0.2) is 47.9 Å². The van der Waals surface area contributed by atoms with Crippen molar-refractivity contribution in [3.63, 3.8) is 0 Å². The van der Waals surface area contributed by atoms with Crippen LogP contribution in [0, 0.1) is 12.8 Å². The summed E-state index contributed by atoms with van der Waals surface area (Å²) in [6.07, 6.45) is 14.6. The number of carbonyl (C=O) groups is 10. The number of rotatable bonds is 8. The first kappa shape index (κ1) is 65.4. The molecule has 0 atom stereocenters. The SMILES string of the molecule is CC(C)(C)OC(=O)C=C1OC(=O)c2ccnnc21.CC(C)(C)OC(=O)C=C1OC(=O)c2nnccc21.CCOC(=O)c1ccnnc1C(=O)OCC.O=C(O)c1ccnnc1C(=O)O.O=C1OC(=O)c2nnccc21.[2H]C#C.[Na+].[OH-]. The van der Waals surface area contributed by atoms with Gasteiger partial charge in [-0.2, -0.15) is 25.5 Å². The van der Waals surface area contributed by atoms with E-state index in [0.717, 1.165) is 24.4 Å². The van der Waals surface area contributed by atoms with E-state index in [2.05, 4.69) is 62.1 Å². The maximum absolute atomic E-state index is 11.6. The molecule has 3 aliphatic rings. The normalized spacial score (nSPS) is 13.0. The van der Waals surface area contributed by atoms with E-state index >= 15 is 0 Å². The number of hydrogen-bond donors (Lipinski definition) is 2. The Labute approximate surface area is 470 Å². The fourth-order valence-corrected chi connectivity index (χ4v) is 5.40. The largest absolute Gasteiger partial charge is 1.00 e. The van der Waals surface area contributed by atoms with Gasteiger partial charge in [0, 0.05) is 0 Å². The van der Waals surface area contributed by atoms with Crippen LogP contribution < -0.4 is 29.6 Å². The van der Waals surface area contributed by atoms with Gasteiger partial charge >= 0.3 is 89.3 Å². The third kappa shape index (κ3) is 20.4. The van der Waals surface area contributed by atoms with Gasteiger partial charge in [0.25, 0.3) is 0 Å². The van der Waals surface area contributed by atoms with Gasteiger partial charge in [0.1, 0.15) is 24.0 Å². The number of carboxylic acids is 2. The fourth-order valence-electron chi connectivity index (χ4n) is 5.40. The van der Waals surface area contributed by atoms with Crippen LogP contribution in [0.2, 0.25) is 0 Å². The second-order valence-electron chi connectivity index (χ2n) is 16.1. The first-order valence-electron chi connectivity index (χ1n) is 22.1. The summed E-state index contributed by atoms with van der Waals surface area (Å²) < 4.78 is 39.6. The van der Waals surface area contributed by atoms with E-state index in [1.54, 1.807) is 61.5 Å². The molecule has 0 saturated carbocycles. The number of hydrogen-bond acceptors (Lipinski definition) is 28. The summed E-state index contributed by atoms with van der Waals surface area (Å²) in [5, 5.41) is 52.0. The summed E-state index contributed by atoms with van der Waals surface area (Å²) in [4.78, 5) is 111. The molecule has 0 bridgehead atoms. The number of carboxylic acid groups (broad SMARTS) is 2. The molecule has 0 aromatic carbocycles. The Morgan fingerprint density at radius 1 is 0.544 bits per heavy atom. The molecule has 408 valence electrons. The molecule has 30 nitrogen and oxygen atoms in total. The minimum atomic E-state index is -1.40. The second kappa shape index (κ2) is 31.4. The van der Waals surface area contributed by atoms with Crippen molar-refractivity contribution in [3.05, 3.63) is 130 Å². The van der Waals surface area contributed by atoms with Crippen molar-refractivity contribution in [3.8, 4) is 12.8 Å². The standard InChI is InChI=1S/2C12H12N2O4.C10H12N2O4.C6H4N2O4.C6H2N2O3.C2H2.Na.H2O/c1-12(2,3)18-9(15)6-8-10-7(11(16)17-8)4-5-13-14-10;1-12(2,3)18-9(15)6-8-7-4-5-13-14-10(7)11(16)17-8;1-3-15-9(13)7-5-6-11-12-8(7)10(14)16-4-2;9-5(10)3-1-2-7-8-4(3)6(11)12;9-5-3-1-2-7-8-4(3)6(10)11-5;1-2;;/h2*4-6H,1-3H3;5-6H,3-4H2,1-2H3;1-2H,(H,9,10)(H,11,12);1-2H;1-2H;;1H2/q;;;;;;+1;/p-1/i;;;;;1D;;. The maximum atomic E-state index is 11.6. The number of ether oxygens (including phenoxy) is 7. The third-order valence-electron chi connectivity index (χ3n) is 8.23. The van der Waals surface area contributed by atoms with Crippen LogP contribution in [0.25, 0.3) is 11.5 Å². The van der Waals surface area contributed by atoms with Crippen LogP contribution in [-0.2, 0) is 42.7 Å². The summed E-state index contributed by atoms with van der Waals surface area (Å²) in [5.74, 6) is -7.53. The minimum Gasteiger partial charge on any atom is -0.870 e. The number of terminal acetylenes is 1. The van der Waals surface area contributed by atoms with E-state index in [1.807, 2.05) is 0 Å². The number of aromatic carboxylic acids is 2.